The molecule has 2 bridgehead atoms. The van der Waals surface area contributed by atoms with Crippen LogP contribution in [0.15, 0.2) is 9.98 Å². The van der Waals surface area contributed by atoms with Gasteiger partial charge >= 0.3 is 0 Å². The molecule has 0 aromatic carbocycles. The second-order valence-corrected chi connectivity index (χ2v) is 5.12. The van der Waals surface area contributed by atoms with Crippen molar-refractivity contribution in [2.24, 2.45) is 33.1 Å². The summed E-state index contributed by atoms with van der Waals surface area (Å²) >= 11 is 0. The predicted octanol–water partition coefficient (Wildman–Crippen LogP) is -0.553. The topological polar surface area (TPSA) is 106 Å². The van der Waals surface area contributed by atoms with Gasteiger partial charge in [-0.2, -0.15) is 4.99 Å². The third-order valence-electron chi connectivity index (χ3n) is 3.95. The Hall–Kier alpha value is -1.30. The summed E-state index contributed by atoms with van der Waals surface area (Å²) in [5, 5.41) is 0. The van der Waals surface area contributed by atoms with E-state index in [-0.39, 0.29) is 11.9 Å². The van der Waals surface area contributed by atoms with E-state index in [1.165, 1.54) is 25.7 Å². The largest absolute Gasteiger partial charge is 0.370 e. The quantitative estimate of drug-likeness (QED) is 0.443. The second-order valence-electron chi connectivity index (χ2n) is 5.12. The van der Waals surface area contributed by atoms with E-state index in [1.54, 1.807) is 0 Å². The lowest BCUT2D eigenvalue weighted by Gasteiger charge is -2.35. The number of hydrogen-bond acceptors (Lipinski definition) is 2. The van der Waals surface area contributed by atoms with Crippen LogP contribution in [0.2, 0.25) is 0 Å². The maximum atomic E-state index is 5.60. The van der Waals surface area contributed by atoms with Gasteiger partial charge in [-0.1, -0.05) is 0 Å². The van der Waals surface area contributed by atoms with E-state index >= 15 is 0 Å². The first kappa shape index (κ1) is 12.2. The van der Waals surface area contributed by atoms with Gasteiger partial charge in [-0.25, -0.2) is 0 Å². The van der Waals surface area contributed by atoms with Crippen LogP contribution in [-0.2, 0) is 0 Å². The highest BCUT2D eigenvalue weighted by molar-refractivity contribution is 5.92. The second kappa shape index (κ2) is 4.91. The summed E-state index contributed by atoms with van der Waals surface area (Å²) in [5.41, 5.74) is 16.1. The first-order valence-corrected chi connectivity index (χ1v) is 6.17. The first-order valence-electron chi connectivity index (χ1n) is 6.17. The minimum Gasteiger partial charge on any atom is -0.370 e. The number of aliphatic imine (C=N–C) groups is 2. The Labute approximate surface area is 102 Å². The fourth-order valence-corrected chi connectivity index (χ4v) is 3.06. The average molecular weight is 238 g/mol. The Bertz CT molecular complexity index is 319. The highest BCUT2D eigenvalue weighted by Gasteiger charge is 2.38. The van der Waals surface area contributed by atoms with Crippen LogP contribution in [0.25, 0.3) is 0 Å². The minimum absolute atomic E-state index is 0.0327. The minimum atomic E-state index is -0.0327. The van der Waals surface area contributed by atoms with Crippen molar-refractivity contribution in [3.05, 3.63) is 0 Å². The van der Waals surface area contributed by atoms with E-state index in [1.807, 2.05) is 0 Å². The van der Waals surface area contributed by atoms with Crippen LogP contribution in [0.5, 0.6) is 0 Å². The summed E-state index contributed by atoms with van der Waals surface area (Å²) in [6.45, 7) is 0.740. The number of hydrogen-bond donors (Lipinski definition) is 3. The van der Waals surface area contributed by atoms with Crippen molar-refractivity contribution in [3.8, 4) is 0 Å². The standard InChI is InChI=1S/C11H22N6/c1-17-8-2-3-9(17)5-7(4-8)6-15-11(14)16-10(12)13/h7-9H,2-6H2,1H3,(H6,12,13,14,15,16). The molecule has 96 valence electrons. The highest BCUT2D eigenvalue weighted by Crippen LogP contribution is 2.37. The van der Waals surface area contributed by atoms with E-state index in [0.717, 1.165) is 18.6 Å². The van der Waals surface area contributed by atoms with Crippen LogP contribution in [0.3, 0.4) is 0 Å². The normalized spacial score (nSPS) is 33.7. The molecule has 2 aliphatic heterocycles. The van der Waals surface area contributed by atoms with E-state index in [4.69, 9.17) is 17.2 Å². The lowest BCUT2D eigenvalue weighted by molar-refractivity contribution is 0.137. The zero-order valence-electron chi connectivity index (χ0n) is 10.3. The molecule has 0 aromatic rings. The molecule has 2 unspecified atom stereocenters. The zero-order chi connectivity index (χ0) is 12.4. The van der Waals surface area contributed by atoms with Crippen molar-refractivity contribution in [2.45, 2.75) is 37.8 Å². The molecule has 0 saturated carbocycles. The molecule has 2 aliphatic rings. The fraction of sp³-hybridized carbons (Fsp3) is 0.818. The zero-order valence-corrected chi connectivity index (χ0v) is 10.3. The van der Waals surface area contributed by atoms with Crippen LogP contribution in [0, 0.1) is 5.92 Å². The smallest absolute Gasteiger partial charge is 0.218 e. The van der Waals surface area contributed by atoms with Crippen molar-refractivity contribution >= 4 is 11.9 Å². The molecule has 17 heavy (non-hydrogen) atoms. The van der Waals surface area contributed by atoms with Crippen molar-refractivity contribution in [1.29, 1.82) is 0 Å². The SMILES string of the molecule is CN1C2CCC1CC(CN=C(N)N=C(N)N)C2. The van der Waals surface area contributed by atoms with Gasteiger partial charge in [0.15, 0.2) is 5.96 Å². The summed E-state index contributed by atoms with van der Waals surface area (Å²) in [6.07, 6.45) is 5.08. The molecule has 6 heteroatoms. The maximum absolute atomic E-state index is 5.60. The van der Waals surface area contributed by atoms with Crippen LogP contribution in [0.4, 0.5) is 0 Å². The Kier molecular flexibility index (Phi) is 3.51. The fourth-order valence-electron chi connectivity index (χ4n) is 3.06. The molecule has 6 nitrogen and oxygen atoms in total. The van der Waals surface area contributed by atoms with Gasteiger partial charge in [0.05, 0.1) is 0 Å². The molecule has 0 aliphatic carbocycles. The molecule has 2 rings (SSSR count). The Morgan fingerprint density at radius 2 is 1.76 bits per heavy atom. The van der Waals surface area contributed by atoms with Gasteiger partial charge in [-0.05, 0) is 38.6 Å². The molecule has 0 radical (unpaired) electrons. The van der Waals surface area contributed by atoms with Crippen LogP contribution < -0.4 is 17.2 Å². The Morgan fingerprint density at radius 3 is 2.29 bits per heavy atom. The molecule has 0 aromatic heterocycles. The van der Waals surface area contributed by atoms with Crippen molar-refractivity contribution in [3.63, 3.8) is 0 Å². The monoisotopic (exact) mass is 238 g/mol. The van der Waals surface area contributed by atoms with Gasteiger partial charge in [-0.3, -0.25) is 4.99 Å². The maximum Gasteiger partial charge on any atom is 0.218 e. The lowest BCUT2D eigenvalue weighted by atomic mass is 9.91. The van der Waals surface area contributed by atoms with Gasteiger partial charge in [0.2, 0.25) is 5.96 Å². The van der Waals surface area contributed by atoms with E-state index in [2.05, 4.69) is 21.9 Å². The van der Waals surface area contributed by atoms with E-state index in [9.17, 15) is 0 Å². The third-order valence-corrected chi connectivity index (χ3v) is 3.95. The molecular weight excluding hydrogens is 216 g/mol. The first-order chi connectivity index (χ1) is 8.06. The molecule has 2 fully saturated rings. The number of rotatable bonds is 2. The highest BCUT2D eigenvalue weighted by atomic mass is 15.2. The summed E-state index contributed by atoms with van der Waals surface area (Å²) in [7, 11) is 2.23. The van der Waals surface area contributed by atoms with Gasteiger partial charge in [0, 0.05) is 18.6 Å². The summed E-state index contributed by atoms with van der Waals surface area (Å²) in [4.78, 5) is 10.5. The summed E-state index contributed by atoms with van der Waals surface area (Å²) in [6, 6.07) is 1.47. The van der Waals surface area contributed by atoms with Gasteiger partial charge in [-0.15, -0.1) is 0 Å². The van der Waals surface area contributed by atoms with Crippen molar-refractivity contribution < 1.29 is 0 Å². The van der Waals surface area contributed by atoms with Gasteiger partial charge in [0.25, 0.3) is 0 Å². The molecule has 0 amide bonds. The Balaban J connectivity index is 1.88. The summed E-state index contributed by atoms with van der Waals surface area (Å²) in [5.74, 6) is 0.780. The lowest BCUT2D eigenvalue weighted by Crippen LogP contribution is -2.40. The van der Waals surface area contributed by atoms with Crippen molar-refractivity contribution in [2.75, 3.05) is 13.6 Å². The van der Waals surface area contributed by atoms with Crippen LogP contribution in [-0.4, -0.2) is 42.5 Å². The molecule has 2 atom stereocenters. The van der Waals surface area contributed by atoms with Gasteiger partial charge < -0.3 is 22.1 Å². The summed E-state index contributed by atoms with van der Waals surface area (Å²) < 4.78 is 0. The molecule has 2 heterocycles. The number of piperidine rings is 1. The third kappa shape index (κ3) is 2.88. The van der Waals surface area contributed by atoms with E-state index < -0.39 is 0 Å². The molecular formula is C11H22N6. The number of fused-ring (bicyclic) bond motifs is 2. The van der Waals surface area contributed by atoms with Crippen LogP contribution in [0.1, 0.15) is 25.7 Å². The van der Waals surface area contributed by atoms with Gasteiger partial charge in [0.1, 0.15) is 0 Å². The van der Waals surface area contributed by atoms with E-state index in [0.29, 0.717) is 5.92 Å². The molecule has 6 N–H and O–H groups in total. The Morgan fingerprint density at radius 1 is 1.18 bits per heavy atom. The predicted molar refractivity (Wildman–Crippen MR) is 69.6 cm³/mol. The molecule has 2 saturated heterocycles. The molecule has 0 spiro atoms. The number of nitrogens with zero attached hydrogens (tertiary/aromatic N) is 3. The number of guanidine groups is 2. The average Bonchev–Trinajstić information content (AvgIpc) is 2.51. The van der Waals surface area contributed by atoms with Crippen molar-refractivity contribution in [1.82, 2.24) is 4.90 Å². The number of nitrogens with two attached hydrogens (primary N) is 3. The van der Waals surface area contributed by atoms with Crippen LogP contribution >= 0.6 is 0 Å².